The average molecular weight is 254 g/mol. The van der Waals surface area contributed by atoms with Gasteiger partial charge in [0.05, 0.1) is 23.3 Å². The molecule has 0 amide bonds. The Labute approximate surface area is 104 Å². The number of halogens is 1. The summed E-state index contributed by atoms with van der Waals surface area (Å²) in [5.74, 6) is -0.255. The van der Waals surface area contributed by atoms with Crippen LogP contribution in [-0.2, 0) is 4.74 Å². The fourth-order valence-electron chi connectivity index (χ4n) is 2.04. The van der Waals surface area contributed by atoms with Crippen LogP contribution in [0.4, 0.5) is 15.8 Å². The predicted octanol–water partition coefficient (Wildman–Crippen LogP) is 2.57. The van der Waals surface area contributed by atoms with Gasteiger partial charge in [-0.1, -0.05) is 0 Å². The van der Waals surface area contributed by atoms with Crippen molar-refractivity contribution in [1.29, 1.82) is 0 Å². The van der Waals surface area contributed by atoms with Crippen LogP contribution in [0.2, 0.25) is 0 Å². The lowest BCUT2D eigenvalue weighted by Gasteiger charge is -2.20. The highest BCUT2D eigenvalue weighted by Crippen LogP contribution is 2.24. The molecule has 0 spiro atoms. The summed E-state index contributed by atoms with van der Waals surface area (Å²) in [5.41, 5.74) is 0.0508. The molecule has 6 heteroatoms. The standard InChI is InChI=1S/C12H15FN2O3/c1-8(9-4-5-18-7-9)14-12-3-2-10(15(16)17)6-11(12)13/h2-3,6,8-9,14H,4-5,7H2,1H3. The fraction of sp³-hybridized carbons (Fsp3) is 0.500. The molecule has 0 radical (unpaired) electrons. The Morgan fingerprint density at radius 3 is 2.94 bits per heavy atom. The SMILES string of the molecule is CC(Nc1ccc([N+](=O)[O-])cc1F)C1CCOC1. The van der Waals surface area contributed by atoms with Gasteiger partial charge in [-0.3, -0.25) is 10.1 Å². The minimum Gasteiger partial charge on any atom is -0.381 e. The molecule has 1 N–H and O–H groups in total. The normalized spacial score (nSPS) is 20.7. The van der Waals surface area contributed by atoms with E-state index in [0.717, 1.165) is 19.1 Å². The van der Waals surface area contributed by atoms with Gasteiger partial charge in [0.25, 0.3) is 5.69 Å². The first-order chi connectivity index (χ1) is 8.58. The van der Waals surface area contributed by atoms with Crippen molar-refractivity contribution in [3.8, 4) is 0 Å². The summed E-state index contributed by atoms with van der Waals surface area (Å²) >= 11 is 0. The van der Waals surface area contributed by atoms with Gasteiger partial charge >= 0.3 is 0 Å². The van der Waals surface area contributed by atoms with Crippen LogP contribution >= 0.6 is 0 Å². The lowest BCUT2D eigenvalue weighted by molar-refractivity contribution is -0.385. The zero-order chi connectivity index (χ0) is 13.1. The smallest absolute Gasteiger partial charge is 0.272 e. The molecule has 1 aromatic rings. The molecule has 1 heterocycles. The quantitative estimate of drug-likeness (QED) is 0.662. The van der Waals surface area contributed by atoms with Crippen molar-refractivity contribution < 1.29 is 14.1 Å². The van der Waals surface area contributed by atoms with Gasteiger partial charge in [-0.2, -0.15) is 0 Å². The van der Waals surface area contributed by atoms with Gasteiger partial charge in [0.2, 0.25) is 0 Å². The molecule has 1 aliphatic heterocycles. The van der Waals surface area contributed by atoms with E-state index in [4.69, 9.17) is 4.74 Å². The van der Waals surface area contributed by atoms with E-state index in [1.807, 2.05) is 6.92 Å². The maximum atomic E-state index is 13.7. The number of anilines is 1. The van der Waals surface area contributed by atoms with Crippen LogP contribution in [0.25, 0.3) is 0 Å². The number of nitro benzene ring substituents is 1. The van der Waals surface area contributed by atoms with Gasteiger partial charge < -0.3 is 10.1 Å². The molecule has 0 saturated carbocycles. The van der Waals surface area contributed by atoms with Gasteiger partial charge in [0.15, 0.2) is 5.82 Å². The molecule has 2 unspecified atom stereocenters. The number of non-ortho nitro benzene ring substituents is 1. The molecular weight excluding hydrogens is 239 g/mol. The number of hydrogen-bond donors (Lipinski definition) is 1. The summed E-state index contributed by atoms with van der Waals surface area (Å²) in [7, 11) is 0. The highest BCUT2D eigenvalue weighted by atomic mass is 19.1. The summed E-state index contributed by atoms with van der Waals surface area (Å²) in [6.45, 7) is 3.36. The van der Waals surface area contributed by atoms with Crippen molar-refractivity contribution in [1.82, 2.24) is 0 Å². The third-order valence-electron chi connectivity index (χ3n) is 3.22. The first-order valence-corrected chi connectivity index (χ1v) is 5.86. The molecule has 98 valence electrons. The van der Waals surface area contributed by atoms with Gasteiger partial charge in [0, 0.05) is 24.6 Å². The van der Waals surface area contributed by atoms with Crippen LogP contribution in [-0.4, -0.2) is 24.2 Å². The van der Waals surface area contributed by atoms with E-state index in [-0.39, 0.29) is 11.7 Å². The molecule has 5 nitrogen and oxygen atoms in total. The van der Waals surface area contributed by atoms with E-state index in [1.165, 1.54) is 12.1 Å². The Morgan fingerprint density at radius 1 is 1.61 bits per heavy atom. The minimum atomic E-state index is -0.610. The number of ether oxygens (including phenoxy) is 1. The molecule has 18 heavy (non-hydrogen) atoms. The van der Waals surface area contributed by atoms with Gasteiger partial charge in [-0.05, 0) is 19.4 Å². The summed E-state index contributed by atoms with van der Waals surface area (Å²) in [5, 5.41) is 13.5. The van der Waals surface area contributed by atoms with Gasteiger partial charge in [0.1, 0.15) is 0 Å². The Morgan fingerprint density at radius 2 is 2.39 bits per heavy atom. The highest BCUT2D eigenvalue weighted by Gasteiger charge is 2.23. The third-order valence-corrected chi connectivity index (χ3v) is 3.22. The second-order valence-corrected chi connectivity index (χ2v) is 4.48. The number of hydrogen-bond acceptors (Lipinski definition) is 4. The largest absolute Gasteiger partial charge is 0.381 e. The molecule has 0 aromatic heterocycles. The number of rotatable bonds is 4. The number of nitrogens with zero attached hydrogens (tertiary/aromatic N) is 1. The second kappa shape index (κ2) is 5.30. The maximum absolute atomic E-state index is 13.7. The van der Waals surface area contributed by atoms with Crippen molar-refractivity contribution in [3.05, 3.63) is 34.1 Å². The first kappa shape index (κ1) is 12.8. The molecule has 0 bridgehead atoms. The van der Waals surface area contributed by atoms with Crippen LogP contribution in [0.3, 0.4) is 0 Å². The highest BCUT2D eigenvalue weighted by molar-refractivity contribution is 5.50. The van der Waals surface area contributed by atoms with Crippen LogP contribution in [0.1, 0.15) is 13.3 Å². The van der Waals surface area contributed by atoms with E-state index in [0.29, 0.717) is 18.2 Å². The van der Waals surface area contributed by atoms with E-state index in [9.17, 15) is 14.5 Å². The van der Waals surface area contributed by atoms with E-state index in [1.54, 1.807) is 0 Å². The minimum absolute atomic E-state index is 0.0726. The predicted molar refractivity (Wildman–Crippen MR) is 65.1 cm³/mol. The summed E-state index contributed by atoms with van der Waals surface area (Å²) in [6, 6.07) is 3.70. The molecule has 2 rings (SSSR count). The Hall–Kier alpha value is -1.69. The van der Waals surface area contributed by atoms with Crippen LogP contribution in [0, 0.1) is 21.8 Å². The van der Waals surface area contributed by atoms with Crippen LogP contribution < -0.4 is 5.32 Å². The topological polar surface area (TPSA) is 64.4 Å². The average Bonchev–Trinajstić information content (AvgIpc) is 2.85. The van der Waals surface area contributed by atoms with Crippen molar-refractivity contribution in [2.75, 3.05) is 18.5 Å². The maximum Gasteiger partial charge on any atom is 0.272 e. The summed E-state index contributed by atoms with van der Waals surface area (Å²) < 4.78 is 18.9. The number of benzene rings is 1. The molecule has 1 aromatic carbocycles. The van der Waals surface area contributed by atoms with Gasteiger partial charge in [-0.25, -0.2) is 4.39 Å². The fourth-order valence-corrected chi connectivity index (χ4v) is 2.04. The Balaban J connectivity index is 2.06. The van der Waals surface area contributed by atoms with E-state index < -0.39 is 10.7 Å². The Kier molecular flexibility index (Phi) is 3.76. The molecular formula is C12H15FN2O3. The zero-order valence-electron chi connectivity index (χ0n) is 10.1. The van der Waals surface area contributed by atoms with E-state index >= 15 is 0 Å². The molecule has 1 fully saturated rings. The van der Waals surface area contributed by atoms with Crippen molar-refractivity contribution in [3.63, 3.8) is 0 Å². The van der Waals surface area contributed by atoms with Crippen LogP contribution in [0.5, 0.6) is 0 Å². The summed E-state index contributed by atoms with van der Waals surface area (Å²) in [4.78, 5) is 9.89. The lowest BCUT2D eigenvalue weighted by atomic mass is 10.0. The number of nitrogens with one attached hydrogen (secondary N) is 1. The first-order valence-electron chi connectivity index (χ1n) is 5.86. The van der Waals surface area contributed by atoms with Gasteiger partial charge in [-0.15, -0.1) is 0 Å². The molecule has 2 atom stereocenters. The van der Waals surface area contributed by atoms with E-state index in [2.05, 4.69) is 5.32 Å². The van der Waals surface area contributed by atoms with Crippen molar-refractivity contribution in [2.45, 2.75) is 19.4 Å². The lowest BCUT2D eigenvalue weighted by Crippen LogP contribution is -2.26. The van der Waals surface area contributed by atoms with Crippen molar-refractivity contribution in [2.24, 2.45) is 5.92 Å². The molecule has 1 saturated heterocycles. The molecule has 0 aliphatic carbocycles. The summed E-state index contributed by atoms with van der Waals surface area (Å²) in [6.07, 6.45) is 0.947. The molecule has 1 aliphatic rings. The zero-order valence-corrected chi connectivity index (χ0v) is 10.1. The van der Waals surface area contributed by atoms with Crippen molar-refractivity contribution >= 4 is 11.4 Å². The second-order valence-electron chi connectivity index (χ2n) is 4.48. The Bertz CT molecular complexity index is 447. The van der Waals surface area contributed by atoms with Crippen LogP contribution in [0.15, 0.2) is 18.2 Å². The third kappa shape index (κ3) is 2.76. The number of nitro groups is 1. The monoisotopic (exact) mass is 254 g/mol.